The van der Waals surface area contributed by atoms with E-state index in [1.54, 1.807) is 23.1 Å². The lowest BCUT2D eigenvalue weighted by atomic mass is 10.1. The van der Waals surface area contributed by atoms with E-state index in [4.69, 9.17) is 0 Å². The molecule has 146 valence electrons. The Bertz CT molecular complexity index is 920. The van der Waals surface area contributed by atoms with Crippen LogP contribution in [-0.4, -0.2) is 33.8 Å². The molecule has 6 nitrogen and oxygen atoms in total. The molecule has 0 amide bonds. The van der Waals surface area contributed by atoms with Crippen LogP contribution in [-0.2, 0) is 13.0 Å². The molecule has 0 radical (unpaired) electrons. The Labute approximate surface area is 164 Å². The van der Waals surface area contributed by atoms with E-state index in [1.807, 2.05) is 44.3 Å². The Kier molecular flexibility index (Phi) is 6.73. The lowest BCUT2D eigenvalue weighted by molar-refractivity contribution is 0.625. The molecular formula is C21H25FN6. The highest BCUT2D eigenvalue weighted by Gasteiger charge is 2.03. The Morgan fingerprint density at radius 3 is 2.82 bits per heavy atom. The van der Waals surface area contributed by atoms with Crippen molar-refractivity contribution in [2.75, 3.05) is 13.1 Å². The maximum atomic E-state index is 13.2. The second kappa shape index (κ2) is 9.64. The molecule has 1 aromatic carbocycles. The molecule has 2 heterocycles. The molecule has 3 aromatic rings. The summed E-state index contributed by atoms with van der Waals surface area (Å²) < 4.78 is 14.9. The minimum absolute atomic E-state index is 0.198. The van der Waals surface area contributed by atoms with Gasteiger partial charge in [-0.25, -0.2) is 19.0 Å². The van der Waals surface area contributed by atoms with Gasteiger partial charge in [-0.1, -0.05) is 6.07 Å². The first kappa shape index (κ1) is 19.5. The summed E-state index contributed by atoms with van der Waals surface area (Å²) >= 11 is 0. The molecule has 3 rings (SSSR count). The Morgan fingerprint density at radius 2 is 2.07 bits per heavy atom. The maximum Gasteiger partial charge on any atom is 0.191 e. The first-order valence-electron chi connectivity index (χ1n) is 9.38. The number of hydrogen-bond donors (Lipinski definition) is 2. The van der Waals surface area contributed by atoms with Gasteiger partial charge in [-0.2, -0.15) is 5.10 Å². The van der Waals surface area contributed by atoms with Crippen molar-refractivity contribution >= 4 is 5.96 Å². The molecule has 2 N–H and O–H groups in total. The van der Waals surface area contributed by atoms with E-state index in [1.165, 1.54) is 6.07 Å². The zero-order valence-electron chi connectivity index (χ0n) is 16.2. The number of benzene rings is 1. The number of hydrogen-bond acceptors (Lipinski definition) is 3. The normalized spacial score (nSPS) is 11.5. The highest BCUT2D eigenvalue weighted by molar-refractivity contribution is 5.79. The van der Waals surface area contributed by atoms with Crippen molar-refractivity contribution in [3.05, 3.63) is 77.5 Å². The van der Waals surface area contributed by atoms with Gasteiger partial charge in [0.1, 0.15) is 5.82 Å². The topological polar surface area (TPSA) is 67.1 Å². The number of aliphatic imine (C=N–C) groups is 1. The van der Waals surface area contributed by atoms with E-state index in [-0.39, 0.29) is 5.82 Å². The van der Waals surface area contributed by atoms with Crippen molar-refractivity contribution in [2.24, 2.45) is 4.99 Å². The zero-order valence-corrected chi connectivity index (χ0v) is 16.2. The molecule has 0 bridgehead atoms. The molecule has 0 aliphatic carbocycles. The van der Waals surface area contributed by atoms with Crippen LogP contribution in [0.2, 0.25) is 0 Å². The zero-order chi connectivity index (χ0) is 19.8. The van der Waals surface area contributed by atoms with Gasteiger partial charge in [-0.3, -0.25) is 0 Å². The highest BCUT2D eigenvalue weighted by atomic mass is 19.1. The molecule has 0 saturated heterocycles. The summed E-state index contributed by atoms with van der Waals surface area (Å²) in [4.78, 5) is 8.99. The molecule has 0 aliphatic heterocycles. The first-order chi connectivity index (χ1) is 13.7. The number of rotatable bonds is 7. The predicted octanol–water partition coefficient (Wildman–Crippen LogP) is 3.01. The summed E-state index contributed by atoms with van der Waals surface area (Å²) in [5.74, 6) is 1.32. The largest absolute Gasteiger partial charge is 0.357 e. The fourth-order valence-corrected chi connectivity index (χ4v) is 2.86. The molecule has 0 fully saturated rings. The van der Waals surface area contributed by atoms with Crippen LogP contribution in [0.5, 0.6) is 0 Å². The third-order valence-corrected chi connectivity index (χ3v) is 4.30. The number of nitrogens with zero attached hydrogens (tertiary/aromatic N) is 4. The third kappa shape index (κ3) is 5.39. The van der Waals surface area contributed by atoms with Crippen LogP contribution in [0, 0.1) is 12.7 Å². The average Bonchev–Trinajstić information content (AvgIpc) is 3.23. The van der Waals surface area contributed by atoms with Crippen LogP contribution < -0.4 is 10.6 Å². The van der Waals surface area contributed by atoms with Gasteiger partial charge in [-0.15, -0.1) is 0 Å². The van der Waals surface area contributed by atoms with Crippen LogP contribution in [0.15, 0.2) is 60.0 Å². The second-order valence-electron chi connectivity index (χ2n) is 6.42. The van der Waals surface area contributed by atoms with Crippen molar-refractivity contribution < 1.29 is 4.39 Å². The van der Waals surface area contributed by atoms with Gasteiger partial charge in [0.2, 0.25) is 0 Å². The number of aromatic nitrogens is 3. The van der Waals surface area contributed by atoms with Crippen LogP contribution in [0.25, 0.3) is 5.82 Å². The number of pyridine rings is 1. The summed E-state index contributed by atoms with van der Waals surface area (Å²) in [7, 11) is 0. The minimum Gasteiger partial charge on any atom is -0.357 e. The van der Waals surface area contributed by atoms with Gasteiger partial charge in [0.15, 0.2) is 11.8 Å². The lowest BCUT2D eigenvalue weighted by Crippen LogP contribution is -2.38. The van der Waals surface area contributed by atoms with Crippen LogP contribution >= 0.6 is 0 Å². The Morgan fingerprint density at radius 1 is 1.18 bits per heavy atom. The van der Waals surface area contributed by atoms with Crippen molar-refractivity contribution in [3.63, 3.8) is 0 Å². The molecule has 0 spiro atoms. The molecule has 0 atom stereocenters. The van der Waals surface area contributed by atoms with E-state index in [0.717, 1.165) is 41.4 Å². The quantitative estimate of drug-likeness (QED) is 0.488. The number of nitrogens with one attached hydrogen (secondary N) is 2. The maximum absolute atomic E-state index is 13.2. The Hall–Kier alpha value is -3.22. The fourth-order valence-electron chi connectivity index (χ4n) is 2.86. The summed E-state index contributed by atoms with van der Waals surface area (Å²) in [6.45, 7) is 5.98. The molecular weight excluding hydrogens is 355 g/mol. The molecule has 0 aliphatic rings. The third-order valence-electron chi connectivity index (χ3n) is 4.30. The molecule has 2 aromatic heterocycles. The molecule has 7 heteroatoms. The van der Waals surface area contributed by atoms with E-state index < -0.39 is 0 Å². The van der Waals surface area contributed by atoms with Gasteiger partial charge >= 0.3 is 0 Å². The van der Waals surface area contributed by atoms with Gasteiger partial charge in [-0.05, 0) is 67.3 Å². The van der Waals surface area contributed by atoms with Gasteiger partial charge in [0.05, 0.1) is 6.54 Å². The van der Waals surface area contributed by atoms with Crippen molar-refractivity contribution in [3.8, 4) is 5.82 Å². The monoisotopic (exact) mass is 380 g/mol. The standard InChI is InChI=1S/C21H25FN6/c1-3-23-21(25-11-8-18-5-6-19(22)13-16(18)2)26-15-17-7-10-24-20(14-17)28-12-4-9-27-28/h4-7,9-10,12-14H,3,8,11,15H2,1-2H3,(H2,23,25,26). The fraction of sp³-hybridized carbons (Fsp3) is 0.286. The van der Waals surface area contributed by atoms with Gasteiger partial charge < -0.3 is 10.6 Å². The summed E-state index contributed by atoms with van der Waals surface area (Å²) in [6, 6.07) is 10.7. The van der Waals surface area contributed by atoms with Crippen LogP contribution in [0.4, 0.5) is 4.39 Å². The van der Waals surface area contributed by atoms with E-state index >= 15 is 0 Å². The van der Waals surface area contributed by atoms with E-state index in [2.05, 4.69) is 25.7 Å². The van der Waals surface area contributed by atoms with Crippen molar-refractivity contribution in [1.82, 2.24) is 25.4 Å². The Balaban J connectivity index is 1.60. The SMILES string of the molecule is CCNC(=NCc1ccnc(-n2cccn2)c1)NCCc1ccc(F)cc1C. The van der Waals surface area contributed by atoms with Gasteiger partial charge in [0.25, 0.3) is 0 Å². The van der Waals surface area contributed by atoms with E-state index in [0.29, 0.717) is 13.1 Å². The summed E-state index contributed by atoms with van der Waals surface area (Å²) in [5, 5.41) is 10.8. The minimum atomic E-state index is -0.198. The first-order valence-corrected chi connectivity index (χ1v) is 9.38. The van der Waals surface area contributed by atoms with Crippen LogP contribution in [0.1, 0.15) is 23.6 Å². The summed E-state index contributed by atoms with van der Waals surface area (Å²) in [5.41, 5.74) is 3.14. The number of halogens is 1. The highest BCUT2D eigenvalue weighted by Crippen LogP contribution is 2.10. The molecule has 0 saturated carbocycles. The smallest absolute Gasteiger partial charge is 0.191 e. The van der Waals surface area contributed by atoms with Crippen molar-refractivity contribution in [2.45, 2.75) is 26.8 Å². The van der Waals surface area contributed by atoms with Crippen molar-refractivity contribution in [1.29, 1.82) is 0 Å². The number of guanidine groups is 1. The second-order valence-corrected chi connectivity index (χ2v) is 6.42. The molecule has 28 heavy (non-hydrogen) atoms. The lowest BCUT2D eigenvalue weighted by Gasteiger charge is -2.12. The predicted molar refractivity (Wildman–Crippen MR) is 109 cm³/mol. The summed E-state index contributed by atoms with van der Waals surface area (Å²) in [6.07, 6.45) is 6.15. The van der Waals surface area contributed by atoms with Gasteiger partial charge in [0, 0.05) is 31.7 Å². The van der Waals surface area contributed by atoms with E-state index in [9.17, 15) is 4.39 Å². The van der Waals surface area contributed by atoms with Crippen LogP contribution in [0.3, 0.4) is 0 Å². The average molecular weight is 380 g/mol. The number of aryl methyl sites for hydroxylation is 1. The molecule has 0 unspecified atom stereocenters.